The molecule has 0 bridgehead atoms. The van der Waals surface area contributed by atoms with Crippen LogP contribution < -0.4 is 10.6 Å². The summed E-state index contributed by atoms with van der Waals surface area (Å²) in [7, 11) is 0. The van der Waals surface area contributed by atoms with Crippen molar-refractivity contribution in [2.75, 3.05) is 11.9 Å². The number of H-pyrrole nitrogens is 1. The fourth-order valence-corrected chi connectivity index (χ4v) is 2.61. The van der Waals surface area contributed by atoms with Crippen LogP contribution in [0.25, 0.3) is 10.9 Å². The molecule has 3 N–H and O–H groups in total. The zero-order valence-corrected chi connectivity index (χ0v) is 13.2. The largest absolute Gasteiger partial charge is 0.361 e. The summed E-state index contributed by atoms with van der Waals surface area (Å²) in [6.45, 7) is 0.499. The Balaban J connectivity index is 1.45. The van der Waals surface area contributed by atoms with Crippen molar-refractivity contribution in [1.82, 2.24) is 10.3 Å². The highest BCUT2D eigenvalue weighted by Crippen LogP contribution is 2.17. The SMILES string of the molecule is O=C(CC(=O)Nc1ccccc1)NCCc1c[nH]c2ccccc12. The molecule has 1 heterocycles. The molecular weight excluding hydrogens is 302 g/mol. The summed E-state index contributed by atoms with van der Waals surface area (Å²) >= 11 is 0. The van der Waals surface area contributed by atoms with Crippen LogP contribution in [0.1, 0.15) is 12.0 Å². The third-order valence-corrected chi connectivity index (χ3v) is 3.77. The second-order valence-corrected chi connectivity index (χ2v) is 5.55. The lowest BCUT2D eigenvalue weighted by Crippen LogP contribution is -2.29. The second-order valence-electron chi connectivity index (χ2n) is 5.55. The van der Waals surface area contributed by atoms with Gasteiger partial charge in [-0.25, -0.2) is 0 Å². The Morgan fingerprint density at radius 3 is 2.50 bits per heavy atom. The standard InChI is InChI=1S/C19H19N3O2/c23-18(12-19(24)22-15-6-2-1-3-7-15)20-11-10-14-13-21-17-9-5-4-8-16(14)17/h1-9,13,21H,10-12H2,(H,20,23)(H,22,24). The molecule has 3 rings (SSSR count). The highest BCUT2D eigenvalue weighted by molar-refractivity contribution is 6.03. The number of aromatic nitrogens is 1. The lowest BCUT2D eigenvalue weighted by molar-refractivity contribution is -0.126. The van der Waals surface area contributed by atoms with E-state index in [4.69, 9.17) is 0 Å². The average molecular weight is 321 g/mol. The van der Waals surface area contributed by atoms with Crippen molar-refractivity contribution in [2.24, 2.45) is 0 Å². The maximum Gasteiger partial charge on any atom is 0.233 e. The van der Waals surface area contributed by atoms with Crippen molar-refractivity contribution in [3.05, 3.63) is 66.4 Å². The minimum absolute atomic E-state index is 0.178. The van der Waals surface area contributed by atoms with E-state index in [0.29, 0.717) is 12.2 Å². The maximum atomic E-state index is 11.9. The first-order chi connectivity index (χ1) is 11.7. The summed E-state index contributed by atoms with van der Waals surface area (Å²) in [5.74, 6) is -0.589. The van der Waals surface area contributed by atoms with Gasteiger partial charge in [-0.05, 0) is 30.2 Å². The molecule has 2 aromatic carbocycles. The minimum atomic E-state index is -0.314. The van der Waals surface area contributed by atoms with E-state index in [-0.39, 0.29) is 18.2 Å². The van der Waals surface area contributed by atoms with Gasteiger partial charge in [-0.15, -0.1) is 0 Å². The van der Waals surface area contributed by atoms with E-state index in [1.807, 2.05) is 42.6 Å². The van der Waals surface area contributed by atoms with Crippen LogP contribution >= 0.6 is 0 Å². The number of nitrogens with one attached hydrogen (secondary N) is 3. The molecule has 122 valence electrons. The number of fused-ring (bicyclic) bond motifs is 1. The zero-order valence-electron chi connectivity index (χ0n) is 13.2. The van der Waals surface area contributed by atoms with Gasteiger partial charge < -0.3 is 15.6 Å². The third kappa shape index (κ3) is 4.01. The molecule has 1 aromatic heterocycles. The first kappa shape index (κ1) is 15.8. The molecule has 0 saturated carbocycles. The van der Waals surface area contributed by atoms with Crippen molar-refractivity contribution in [3.63, 3.8) is 0 Å². The number of aromatic amines is 1. The number of anilines is 1. The van der Waals surface area contributed by atoms with Crippen LogP contribution in [0.5, 0.6) is 0 Å². The zero-order chi connectivity index (χ0) is 16.8. The summed E-state index contributed by atoms with van der Waals surface area (Å²) in [5.41, 5.74) is 2.93. The van der Waals surface area contributed by atoms with E-state index in [1.54, 1.807) is 12.1 Å². The molecule has 0 atom stereocenters. The molecule has 0 aliphatic carbocycles. The summed E-state index contributed by atoms with van der Waals surface area (Å²) in [6.07, 6.45) is 2.50. The fourth-order valence-electron chi connectivity index (χ4n) is 2.61. The molecule has 0 fully saturated rings. The average Bonchev–Trinajstić information content (AvgIpc) is 2.99. The number of rotatable bonds is 6. The Hall–Kier alpha value is -3.08. The first-order valence-corrected chi connectivity index (χ1v) is 7.89. The molecule has 3 aromatic rings. The summed E-state index contributed by atoms with van der Waals surface area (Å²) in [6, 6.07) is 17.1. The molecule has 0 aliphatic heterocycles. The molecule has 0 spiro atoms. The molecule has 5 heteroatoms. The summed E-state index contributed by atoms with van der Waals surface area (Å²) < 4.78 is 0. The maximum absolute atomic E-state index is 11.9. The van der Waals surface area contributed by atoms with Crippen LogP contribution in [0, 0.1) is 0 Å². The van der Waals surface area contributed by atoms with Crippen molar-refractivity contribution in [2.45, 2.75) is 12.8 Å². The van der Waals surface area contributed by atoms with E-state index in [1.165, 1.54) is 0 Å². The highest BCUT2D eigenvalue weighted by atomic mass is 16.2. The van der Waals surface area contributed by atoms with Crippen molar-refractivity contribution in [1.29, 1.82) is 0 Å². The molecule has 0 saturated heterocycles. The Morgan fingerprint density at radius 1 is 0.917 bits per heavy atom. The van der Waals surface area contributed by atoms with Gasteiger partial charge in [0.1, 0.15) is 6.42 Å². The van der Waals surface area contributed by atoms with Crippen molar-refractivity contribution < 1.29 is 9.59 Å². The number of hydrogen-bond acceptors (Lipinski definition) is 2. The van der Waals surface area contributed by atoms with Gasteiger partial charge in [-0.3, -0.25) is 9.59 Å². The third-order valence-electron chi connectivity index (χ3n) is 3.77. The highest BCUT2D eigenvalue weighted by Gasteiger charge is 2.09. The number of benzene rings is 2. The minimum Gasteiger partial charge on any atom is -0.361 e. The van der Waals surface area contributed by atoms with Crippen molar-refractivity contribution >= 4 is 28.4 Å². The van der Waals surface area contributed by atoms with Gasteiger partial charge in [-0.1, -0.05) is 36.4 Å². The topological polar surface area (TPSA) is 74.0 Å². The Morgan fingerprint density at radius 2 is 1.67 bits per heavy atom. The number of carbonyl (C=O) groups excluding carboxylic acids is 2. The van der Waals surface area contributed by atoms with Crippen LogP contribution in [0.15, 0.2) is 60.8 Å². The van der Waals surface area contributed by atoms with Gasteiger partial charge in [0.25, 0.3) is 0 Å². The normalized spacial score (nSPS) is 10.5. The predicted molar refractivity (Wildman–Crippen MR) is 94.7 cm³/mol. The predicted octanol–water partition coefficient (Wildman–Crippen LogP) is 2.86. The van der Waals surface area contributed by atoms with Gasteiger partial charge in [0.2, 0.25) is 11.8 Å². The molecule has 0 radical (unpaired) electrons. The van der Waals surface area contributed by atoms with E-state index in [9.17, 15) is 9.59 Å². The fraction of sp³-hybridized carbons (Fsp3) is 0.158. The quantitative estimate of drug-likeness (QED) is 0.611. The van der Waals surface area contributed by atoms with E-state index >= 15 is 0 Å². The smallest absolute Gasteiger partial charge is 0.233 e. The molecule has 2 amide bonds. The summed E-state index contributed by atoms with van der Waals surface area (Å²) in [5, 5.41) is 6.65. The molecule has 0 aliphatic rings. The lowest BCUT2D eigenvalue weighted by atomic mass is 10.1. The van der Waals surface area contributed by atoms with E-state index in [2.05, 4.69) is 21.7 Å². The molecular formula is C19H19N3O2. The van der Waals surface area contributed by atoms with Crippen molar-refractivity contribution in [3.8, 4) is 0 Å². The van der Waals surface area contributed by atoms with Gasteiger partial charge in [0, 0.05) is 29.3 Å². The Labute approximate surface area is 140 Å². The van der Waals surface area contributed by atoms with Gasteiger partial charge >= 0.3 is 0 Å². The van der Waals surface area contributed by atoms with Crippen LogP contribution in [0.4, 0.5) is 5.69 Å². The second kappa shape index (κ2) is 7.46. The monoisotopic (exact) mass is 321 g/mol. The number of carbonyl (C=O) groups is 2. The molecule has 24 heavy (non-hydrogen) atoms. The number of amides is 2. The van der Waals surface area contributed by atoms with Gasteiger partial charge in [0.05, 0.1) is 0 Å². The van der Waals surface area contributed by atoms with E-state index < -0.39 is 0 Å². The van der Waals surface area contributed by atoms with E-state index in [0.717, 1.165) is 22.9 Å². The number of hydrogen-bond donors (Lipinski definition) is 3. The van der Waals surface area contributed by atoms with Crippen LogP contribution in [0.2, 0.25) is 0 Å². The lowest BCUT2D eigenvalue weighted by Gasteiger charge is -2.06. The van der Waals surface area contributed by atoms with Crippen LogP contribution in [0.3, 0.4) is 0 Å². The Kier molecular flexibility index (Phi) is 4.91. The first-order valence-electron chi connectivity index (χ1n) is 7.89. The summed E-state index contributed by atoms with van der Waals surface area (Å²) in [4.78, 5) is 26.9. The molecule has 0 unspecified atom stereocenters. The van der Waals surface area contributed by atoms with Gasteiger partial charge in [0.15, 0.2) is 0 Å². The molecule has 5 nitrogen and oxygen atoms in total. The number of para-hydroxylation sites is 2. The van der Waals surface area contributed by atoms with Crippen LogP contribution in [-0.2, 0) is 16.0 Å². The van der Waals surface area contributed by atoms with Gasteiger partial charge in [-0.2, -0.15) is 0 Å². The Bertz CT molecular complexity index is 840. The van der Waals surface area contributed by atoms with Crippen LogP contribution in [-0.4, -0.2) is 23.3 Å².